The predicted molar refractivity (Wildman–Crippen MR) is 162 cm³/mol. The van der Waals surface area contributed by atoms with Crippen LogP contribution in [0.15, 0.2) is 48.6 Å². The van der Waals surface area contributed by atoms with Crippen molar-refractivity contribution in [2.75, 3.05) is 37.7 Å². The third-order valence-electron chi connectivity index (χ3n) is 8.74. The number of hydrogen-bond acceptors (Lipinski definition) is 6. The van der Waals surface area contributed by atoms with E-state index in [4.69, 9.17) is 4.74 Å². The van der Waals surface area contributed by atoms with Gasteiger partial charge in [0.2, 0.25) is 17.7 Å². The molecule has 3 amide bonds. The van der Waals surface area contributed by atoms with Crippen molar-refractivity contribution < 1.29 is 24.2 Å². The summed E-state index contributed by atoms with van der Waals surface area (Å²) in [6.07, 6.45) is 11.4. The van der Waals surface area contributed by atoms with Crippen LogP contribution < -0.4 is 9.64 Å². The molecule has 0 bridgehead atoms. The van der Waals surface area contributed by atoms with Gasteiger partial charge in [0, 0.05) is 42.7 Å². The van der Waals surface area contributed by atoms with Crippen molar-refractivity contribution in [3.05, 3.63) is 48.6 Å². The first kappa shape index (κ1) is 29.7. The van der Waals surface area contributed by atoms with Gasteiger partial charge in [-0.2, -0.15) is 0 Å². The third kappa shape index (κ3) is 5.31. The molecule has 41 heavy (non-hydrogen) atoms. The lowest BCUT2D eigenvalue weighted by atomic mass is 9.78. The van der Waals surface area contributed by atoms with Crippen molar-refractivity contribution >= 4 is 35.2 Å². The molecule has 1 N–H and O–H groups in total. The Morgan fingerprint density at radius 1 is 0.976 bits per heavy atom. The standard InChI is InChI=1S/C32H43N3O5S/c1-5-40-23-15-13-22(14-16-23)33-19-10-12-24-25(28(33)37)26-29(38)34(18-8-6-7-9-21-36)27-30(39)35(31(2,3)4)20-11-17-32(26,27)41-24/h10-17,24-27,36H,5-9,18-21H2,1-4H3/t24-,25+,26-,27?,32-/m0/s1. The average Bonchev–Trinajstić information content (AvgIpc) is 3.23. The number of hydrogen-bond donors (Lipinski definition) is 1. The third-order valence-corrected chi connectivity index (χ3v) is 10.5. The molecule has 222 valence electrons. The largest absolute Gasteiger partial charge is 0.494 e. The molecule has 0 radical (unpaired) electrons. The van der Waals surface area contributed by atoms with E-state index in [1.54, 1.807) is 21.6 Å². The lowest BCUT2D eigenvalue weighted by molar-refractivity contribution is -0.145. The smallest absolute Gasteiger partial charge is 0.247 e. The second-order valence-electron chi connectivity index (χ2n) is 12.3. The number of carbonyl (C=O) groups excluding carboxylic acids is 3. The van der Waals surface area contributed by atoms with Gasteiger partial charge in [0.05, 0.1) is 23.2 Å². The first-order valence-corrected chi connectivity index (χ1v) is 15.8. The van der Waals surface area contributed by atoms with Crippen molar-refractivity contribution in [1.82, 2.24) is 9.80 Å². The average molecular weight is 582 g/mol. The number of aliphatic hydroxyl groups excluding tert-OH is 1. The first-order chi connectivity index (χ1) is 19.6. The number of aliphatic hydroxyl groups is 1. The minimum absolute atomic E-state index is 0.0440. The summed E-state index contributed by atoms with van der Waals surface area (Å²) in [5.41, 5.74) is 0.359. The van der Waals surface area contributed by atoms with E-state index < -0.39 is 28.2 Å². The Morgan fingerprint density at radius 2 is 1.71 bits per heavy atom. The van der Waals surface area contributed by atoms with Gasteiger partial charge in [-0.15, -0.1) is 11.8 Å². The summed E-state index contributed by atoms with van der Waals surface area (Å²) in [6.45, 7) is 10.1. The Balaban J connectivity index is 1.51. The summed E-state index contributed by atoms with van der Waals surface area (Å²) >= 11 is 1.62. The van der Waals surface area contributed by atoms with Crippen LogP contribution in [0.25, 0.3) is 0 Å². The molecule has 0 aliphatic carbocycles. The van der Waals surface area contributed by atoms with Crippen molar-refractivity contribution in [3.8, 4) is 5.75 Å². The van der Waals surface area contributed by atoms with Crippen LogP contribution in [0.5, 0.6) is 5.75 Å². The number of rotatable bonds is 9. The van der Waals surface area contributed by atoms with Gasteiger partial charge in [0.25, 0.3) is 0 Å². The summed E-state index contributed by atoms with van der Waals surface area (Å²) in [5.74, 6) is -0.665. The first-order valence-electron chi connectivity index (χ1n) is 14.9. The van der Waals surface area contributed by atoms with Crippen molar-refractivity contribution in [2.24, 2.45) is 11.8 Å². The molecule has 4 aliphatic heterocycles. The molecule has 5 rings (SSSR count). The predicted octanol–water partition coefficient (Wildman–Crippen LogP) is 4.04. The van der Waals surface area contributed by atoms with Gasteiger partial charge in [-0.25, -0.2) is 0 Å². The maximum Gasteiger partial charge on any atom is 0.247 e. The van der Waals surface area contributed by atoms with E-state index >= 15 is 0 Å². The van der Waals surface area contributed by atoms with Crippen molar-refractivity contribution in [1.29, 1.82) is 0 Å². The van der Waals surface area contributed by atoms with Crippen LogP contribution in [0.3, 0.4) is 0 Å². The van der Waals surface area contributed by atoms with Crippen LogP contribution in [0, 0.1) is 11.8 Å². The number of nitrogens with zero attached hydrogens (tertiary/aromatic N) is 3. The number of carbonyl (C=O) groups is 3. The topological polar surface area (TPSA) is 90.4 Å². The molecule has 9 heteroatoms. The summed E-state index contributed by atoms with van der Waals surface area (Å²) in [5, 5.41) is 8.98. The van der Waals surface area contributed by atoms with Gasteiger partial charge in [-0.3, -0.25) is 14.4 Å². The van der Waals surface area contributed by atoms with Gasteiger partial charge in [0.1, 0.15) is 11.8 Å². The maximum absolute atomic E-state index is 14.4. The zero-order valence-electron chi connectivity index (χ0n) is 24.6. The van der Waals surface area contributed by atoms with Crippen molar-refractivity contribution in [3.63, 3.8) is 0 Å². The highest BCUT2D eigenvalue weighted by molar-refractivity contribution is 8.02. The molecule has 4 heterocycles. The van der Waals surface area contributed by atoms with Gasteiger partial charge in [0.15, 0.2) is 0 Å². The lowest BCUT2D eigenvalue weighted by Crippen LogP contribution is -2.57. The lowest BCUT2D eigenvalue weighted by Gasteiger charge is -2.40. The van der Waals surface area contributed by atoms with E-state index in [-0.39, 0.29) is 29.6 Å². The second kappa shape index (κ2) is 11.8. The van der Waals surface area contributed by atoms with Crippen molar-refractivity contribution in [2.45, 2.75) is 75.0 Å². The summed E-state index contributed by atoms with van der Waals surface area (Å²) < 4.78 is 4.78. The highest BCUT2D eigenvalue weighted by atomic mass is 32.2. The number of thioether (sulfide) groups is 1. The van der Waals surface area contributed by atoms with Crippen LogP contribution in [-0.4, -0.2) is 87.1 Å². The molecule has 1 spiro atoms. The monoisotopic (exact) mass is 581 g/mol. The fourth-order valence-electron chi connectivity index (χ4n) is 6.85. The fourth-order valence-corrected chi connectivity index (χ4v) is 8.86. The van der Waals surface area contributed by atoms with E-state index in [1.807, 2.05) is 69.0 Å². The molecule has 1 aromatic rings. The summed E-state index contributed by atoms with van der Waals surface area (Å²) in [4.78, 5) is 48.5. The number of anilines is 1. The quantitative estimate of drug-likeness (QED) is 0.350. The van der Waals surface area contributed by atoms with Gasteiger partial charge >= 0.3 is 0 Å². The maximum atomic E-state index is 14.4. The Morgan fingerprint density at radius 3 is 2.39 bits per heavy atom. The molecule has 8 nitrogen and oxygen atoms in total. The molecular weight excluding hydrogens is 538 g/mol. The number of ether oxygens (including phenoxy) is 1. The Labute approximate surface area is 247 Å². The second-order valence-corrected chi connectivity index (χ2v) is 13.8. The molecule has 2 fully saturated rings. The normalized spacial score (nSPS) is 29.4. The number of amides is 3. The molecule has 0 aromatic heterocycles. The highest BCUT2D eigenvalue weighted by Gasteiger charge is 2.71. The minimum Gasteiger partial charge on any atom is -0.494 e. The highest BCUT2D eigenvalue weighted by Crippen LogP contribution is 2.61. The number of fused-ring (bicyclic) bond motifs is 2. The Bertz CT molecular complexity index is 1210. The molecule has 5 atom stereocenters. The van der Waals surface area contributed by atoms with Gasteiger partial charge in [-0.05, 0) is 64.8 Å². The molecule has 0 saturated carbocycles. The van der Waals surface area contributed by atoms with E-state index in [9.17, 15) is 19.5 Å². The molecule has 2 saturated heterocycles. The van der Waals surface area contributed by atoms with Crippen LogP contribution in [0.4, 0.5) is 5.69 Å². The van der Waals surface area contributed by atoms with E-state index in [1.165, 1.54) is 0 Å². The SMILES string of the molecule is CCOc1ccc(N2CC=C[C@@H]3S[C@]45C=CCN(C(C)(C)C)C(=O)C4N(CCCCCCO)C(=O)[C@@H]5[C@@H]3C2=O)cc1. The minimum atomic E-state index is -0.809. The number of benzene rings is 1. The fraction of sp³-hybridized carbons (Fsp3) is 0.594. The number of unbranched alkanes of at least 4 members (excludes halogenated alkanes) is 3. The zero-order valence-corrected chi connectivity index (χ0v) is 25.4. The van der Waals surface area contributed by atoms with Crippen LogP contribution >= 0.6 is 11.8 Å². The van der Waals surface area contributed by atoms with Crippen LogP contribution in [0.1, 0.15) is 53.4 Å². The molecule has 1 unspecified atom stereocenters. The van der Waals surface area contributed by atoms with E-state index in [0.717, 1.165) is 37.1 Å². The molecule has 1 aromatic carbocycles. The number of likely N-dealkylation sites (tertiary alicyclic amines) is 1. The summed E-state index contributed by atoms with van der Waals surface area (Å²) in [7, 11) is 0. The Hall–Kier alpha value is -2.78. The Kier molecular flexibility index (Phi) is 8.58. The van der Waals surface area contributed by atoms with Gasteiger partial charge < -0.3 is 24.5 Å². The van der Waals surface area contributed by atoms with Gasteiger partial charge in [-0.1, -0.05) is 37.1 Å². The molecule has 4 aliphatic rings. The zero-order chi connectivity index (χ0) is 29.4. The molecular formula is C32H43N3O5S. The van der Waals surface area contributed by atoms with Crippen LogP contribution in [-0.2, 0) is 14.4 Å². The van der Waals surface area contributed by atoms with Crippen LogP contribution in [0.2, 0.25) is 0 Å². The van der Waals surface area contributed by atoms with E-state index in [0.29, 0.717) is 26.2 Å². The van der Waals surface area contributed by atoms with E-state index in [2.05, 4.69) is 12.2 Å². The summed E-state index contributed by atoms with van der Waals surface area (Å²) in [6, 6.07) is 6.86.